The Bertz CT molecular complexity index is 454. The molecule has 1 rings (SSSR count). The molecule has 1 N–H and O–H groups in total. The lowest BCUT2D eigenvalue weighted by Gasteiger charge is -2.20. The molecule has 0 unspecified atom stereocenters. The van der Waals surface area contributed by atoms with E-state index in [9.17, 15) is 9.59 Å². The lowest BCUT2D eigenvalue weighted by molar-refractivity contribution is -0.130. The van der Waals surface area contributed by atoms with Crippen molar-refractivity contribution in [2.45, 2.75) is 26.7 Å². The van der Waals surface area contributed by atoms with E-state index in [0.29, 0.717) is 37.4 Å². The Morgan fingerprint density at radius 2 is 2.20 bits per heavy atom. The van der Waals surface area contributed by atoms with Crippen molar-refractivity contribution in [2.75, 3.05) is 19.6 Å². The van der Waals surface area contributed by atoms with Crippen LogP contribution in [-0.4, -0.2) is 36.3 Å². The minimum atomic E-state index is -0.0678. The third-order valence-electron chi connectivity index (χ3n) is 2.79. The predicted octanol–water partition coefficient (Wildman–Crippen LogP) is 2.68. The fourth-order valence-electron chi connectivity index (χ4n) is 1.80. The molecule has 5 heteroatoms. The van der Waals surface area contributed by atoms with Crippen LogP contribution in [0, 0.1) is 0 Å². The molecule has 110 valence electrons. The number of carbonyl (C=O) groups excluding carboxylic acids is 2. The summed E-state index contributed by atoms with van der Waals surface area (Å²) in [7, 11) is 0. The molecule has 0 aliphatic heterocycles. The summed E-state index contributed by atoms with van der Waals surface area (Å²) >= 11 is 1.41. The fraction of sp³-hybridized carbons (Fsp3) is 0.467. The Hall–Kier alpha value is -1.62. The highest BCUT2D eigenvalue weighted by molar-refractivity contribution is 7.12. The van der Waals surface area contributed by atoms with Crippen molar-refractivity contribution in [1.82, 2.24) is 10.2 Å². The molecule has 0 atom stereocenters. The average molecular weight is 294 g/mol. The summed E-state index contributed by atoms with van der Waals surface area (Å²) < 4.78 is 0. The van der Waals surface area contributed by atoms with Crippen LogP contribution in [0.3, 0.4) is 0 Å². The van der Waals surface area contributed by atoms with Crippen LogP contribution in [0.4, 0.5) is 0 Å². The minimum Gasteiger partial charge on any atom is -0.351 e. The van der Waals surface area contributed by atoms with E-state index in [1.54, 1.807) is 11.0 Å². The third kappa shape index (κ3) is 5.57. The normalized spacial score (nSPS) is 10.1. The van der Waals surface area contributed by atoms with Crippen LogP contribution in [0.1, 0.15) is 36.4 Å². The van der Waals surface area contributed by atoms with E-state index in [1.807, 2.05) is 25.3 Å². The van der Waals surface area contributed by atoms with E-state index >= 15 is 0 Å². The smallest absolute Gasteiger partial charge is 0.261 e. The molecular weight excluding hydrogens is 272 g/mol. The molecule has 0 bridgehead atoms. The van der Waals surface area contributed by atoms with Gasteiger partial charge in [-0.25, -0.2) is 0 Å². The summed E-state index contributed by atoms with van der Waals surface area (Å²) in [5.41, 5.74) is 0.978. The van der Waals surface area contributed by atoms with Crippen LogP contribution >= 0.6 is 11.3 Å². The quantitative estimate of drug-likeness (QED) is 0.592. The van der Waals surface area contributed by atoms with E-state index in [4.69, 9.17) is 0 Å². The molecule has 1 aromatic heterocycles. The number of carbonyl (C=O) groups is 2. The number of hydrogen-bond donors (Lipinski definition) is 1. The molecule has 2 amide bonds. The van der Waals surface area contributed by atoms with Gasteiger partial charge in [0, 0.05) is 26.1 Å². The van der Waals surface area contributed by atoms with Gasteiger partial charge >= 0.3 is 0 Å². The molecule has 0 radical (unpaired) electrons. The standard InChI is InChI=1S/C15H22N2O2S/c1-4-17(11-12(2)3)14(18)8-5-9-16-15(19)13-7-6-10-20-13/h6-7,10H,2,4-5,8-9,11H2,1,3H3,(H,16,19). The number of rotatable bonds is 8. The second-order valence-electron chi connectivity index (χ2n) is 4.70. The van der Waals surface area contributed by atoms with E-state index in [0.717, 1.165) is 5.57 Å². The van der Waals surface area contributed by atoms with Crippen molar-refractivity contribution in [3.8, 4) is 0 Å². The summed E-state index contributed by atoms with van der Waals surface area (Å²) in [4.78, 5) is 26.1. The van der Waals surface area contributed by atoms with E-state index < -0.39 is 0 Å². The van der Waals surface area contributed by atoms with Crippen molar-refractivity contribution in [3.63, 3.8) is 0 Å². The maximum absolute atomic E-state index is 12.0. The van der Waals surface area contributed by atoms with Gasteiger partial charge in [-0.2, -0.15) is 0 Å². The van der Waals surface area contributed by atoms with Gasteiger partial charge in [0.05, 0.1) is 4.88 Å². The first-order valence-corrected chi connectivity index (χ1v) is 7.66. The fourth-order valence-corrected chi connectivity index (χ4v) is 2.44. The number of nitrogens with one attached hydrogen (secondary N) is 1. The third-order valence-corrected chi connectivity index (χ3v) is 3.66. The summed E-state index contributed by atoms with van der Waals surface area (Å²) in [5.74, 6) is 0.0441. The molecule has 0 aromatic carbocycles. The monoisotopic (exact) mass is 294 g/mol. The average Bonchev–Trinajstić information content (AvgIpc) is 2.94. The predicted molar refractivity (Wildman–Crippen MR) is 83.0 cm³/mol. The molecule has 0 aliphatic rings. The maximum Gasteiger partial charge on any atom is 0.261 e. The summed E-state index contributed by atoms with van der Waals surface area (Å²) in [6.45, 7) is 9.51. The van der Waals surface area contributed by atoms with E-state index in [2.05, 4.69) is 11.9 Å². The van der Waals surface area contributed by atoms with Crippen LogP contribution in [0.5, 0.6) is 0 Å². The molecule has 0 fully saturated rings. The second kappa shape index (κ2) is 8.53. The molecule has 0 aliphatic carbocycles. The van der Waals surface area contributed by atoms with Crippen LogP contribution in [0.25, 0.3) is 0 Å². The zero-order valence-corrected chi connectivity index (χ0v) is 13.0. The van der Waals surface area contributed by atoms with Gasteiger partial charge < -0.3 is 10.2 Å². The Labute approximate surface area is 124 Å². The summed E-state index contributed by atoms with van der Waals surface area (Å²) in [6.07, 6.45) is 1.11. The highest BCUT2D eigenvalue weighted by Crippen LogP contribution is 2.07. The van der Waals surface area contributed by atoms with Crippen molar-refractivity contribution >= 4 is 23.2 Å². The molecule has 1 heterocycles. The summed E-state index contributed by atoms with van der Waals surface area (Å²) in [6, 6.07) is 3.64. The number of likely N-dealkylation sites (N-methyl/N-ethyl adjacent to an activating group) is 1. The second-order valence-corrected chi connectivity index (χ2v) is 5.65. The van der Waals surface area contributed by atoms with Crippen molar-refractivity contribution < 1.29 is 9.59 Å². The molecular formula is C15H22N2O2S. The highest BCUT2D eigenvalue weighted by atomic mass is 32.1. The molecule has 4 nitrogen and oxygen atoms in total. The molecule has 0 saturated heterocycles. The minimum absolute atomic E-state index is 0.0678. The topological polar surface area (TPSA) is 49.4 Å². The van der Waals surface area contributed by atoms with Gasteiger partial charge in [0.25, 0.3) is 5.91 Å². The Morgan fingerprint density at radius 3 is 2.75 bits per heavy atom. The van der Waals surface area contributed by atoms with Gasteiger partial charge in [0.15, 0.2) is 0 Å². The highest BCUT2D eigenvalue weighted by Gasteiger charge is 2.11. The van der Waals surface area contributed by atoms with Gasteiger partial charge in [-0.3, -0.25) is 9.59 Å². The Balaban J connectivity index is 2.24. The molecule has 0 saturated carbocycles. The van der Waals surface area contributed by atoms with Gasteiger partial charge in [-0.15, -0.1) is 11.3 Å². The Morgan fingerprint density at radius 1 is 1.45 bits per heavy atom. The summed E-state index contributed by atoms with van der Waals surface area (Å²) in [5, 5.41) is 4.69. The van der Waals surface area contributed by atoms with Crippen LogP contribution in [0.2, 0.25) is 0 Å². The van der Waals surface area contributed by atoms with Crippen molar-refractivity contribution in [1.29, 1.82) is 0 Å². The van der Waals surface area contributed by atoms with Crippen LogP contribution in [0.15, 0.2) is 29.7 Å². The van der Waals surface area contributed by atoms with Crippen molar-refractivity contribution in [3.05, 3.63) is 34.5 Å². The lowest BCUT2D eigenvalue weighted by atomic mass is 10.2. The molecule has 1 aromatic rings. The van der Waals surface area contributed by atoms with Crippen LogP contribution < -0.4 is 5.32 Å². The first-order valence-electron chi connectivity index (χ1n) is 6.78. The van der Waals surface area contributed by atoms with E-state index in [1.165, 1.54) is 11.3 Å². The molecule has 0 spiro atoms. The number of hydrogen-bond acceptors (Lipinski definition) is 3. The zero-order chi connectivity index (χ0) is 15.0. The largest absolute Gasteiger partial charge is 0.351 e. The first-order chi connectivity index (χ1) is 9.54. The number of amides is 2. The van der Waals surface area contributed by atoms with Crippen LogP contribution in [-0.2, 0) is 4.79 Å². The molecule has 20 heavy (non-hydrogen) atoms. The van der Waals surface area contributed by atoms with Crippen molar-refractivity contribution in [2.24, 2.45) is 0 Å². The van der Waals surface area contributed by atoms with Gasteiger partial charge in [-0.1, -0.05) is 18.2 Å². The lowest BCUT2D eigenvalue weighted by Crippen LogP contribution is -2.33. The van der Waals surface area contributed by atoms with Gasteiger partial charge in [-0.05, 0) is 31.7 Å². The van der Waals surface area contributed by atoms with Gasteiger partial charge in [0.1, 0.15) is 0 Å². The van der Waals surface area contributed by atoms with E-state index in [-0.39, 0.29) is 11.8 Å². The number of thiophene rings is 1. The zero-order valence-electron chi connectivity index (χ0n) is 12.1. The first kappa shape index (κ1) is 16.4. The maximum atomic E-state index is 12.0. The Kier molecular flexibility index (Phi) is 7.01. The SMILES string of the molecule is C=C(C)CN(CC)C(=O)CCCNC(=O)c1cccs1. The van der Waals surface area contributed by atoms with Gasteiger partial charge in [0.2, 0.25) is 5.91 Å². The number of nitrogens with zero attached hydrogens (tertiary/aromatic N) is 1.